The fraction of sp³-hybridized carbons (Fsp3) is 0.316. The molecule has 1 N–H and O–H groups in total. The first-order valence-electron chi connectivity index (χ1n) is 8.94. The Morgan fingerprint density at radius 1 is 1.13 bits per heavy atom. The number of carbonyl (C=O) groups excluding carboxylic acids is 1. The highest BCUT2D eigenvalue weighted by atomic mass is 16.5. The van der Waals surface area contributed by atoms with Crippen molar-refractivity contribution >= 4 is 22.8 Å². The van der Waals surface area contributed by atoms with Gasteiger partial charge in [0, 0.05) is 19.7 Å². The van der Waals surface area contributed by atoms with Crippen LogP contribution in [0.25, 0.3) is 11.2 Å². The number of imidazole rings is 1. The van der Waals surface area contributed by atoms with Crippen LogP contribution >= 0.6 is 0 Å². The normalized spacial score (nSPS) is 11.6. The standard InChI is InChI=1S/C19H22N6O5/c1-11(12-6-7-13(29-4)14(8-12)30-5)21-22-15(26)9-25-10-20-17-16(25)18(27)24(3)19(28)23(17)2/h6-8,10H,9H2,1-5H3,(H,22,26). The van der Waals surface area contributed by atoms with Crippen molar-refractivity contribution in [2.24, 2.45) is 19.2 Å². The molecule has 158 valence electrons. The van der Waals surface area contributed by atoms with E-state index in [2.05, 4.69) is 15.5 Å². The van der Waals surface area contributed by atoms with Crippen LogP contribution in [0.3, 0.4) is 0 Å². The van der Waals surface area contributed by atoms with Gasteiger partial charge in [-0.15, -0.1) is 0 Å². The van der Waals surface area contributed by atoms with Gasteiger partial charge in [0.1, 0.15) is 6.54 Å². The number of ether oxygens (including phenoxy) is 2. The average molecular weight is 414 g/mol. The summed E-state index contributed by atoms with van der Waals surface area (Å²) in [6.07, 6.45) is 1.34. The summed E-state index contributed by atoms with van der Waals surface area (Å²) in [6.45, 7) is 1.55. The molecule has 0 radical (unpaired) electrons. The van der Waals surface area contributed by atoms with E-state index >= 15 is 0 Å². The summed E-state index contributed by atoms with van der Waals surface area (Å²) < 4.78 is 14.1. The van der Waals surface area contributed by atoms with Crippen molar-refractivity contribution in [3.05, 3.63) is 50.9 Å². The summed E-state index contributed by atoms with van der Waals surface area (Å²) in [5.74, 6) is 0.674. The SMILES string of the molecule is COc1ccc(C(C)=NNC(=O)Cn2cnc3c2c(=O)n(C)c(=O)n3C)cc1OC. The molecule has 0 saturated carbocycles. The zero-order valence-electron chi connectivity index (χ0n) is 17.3. The van der Waals surface area contributed by atoms with Crippen LogP contribution in [-0.2, 0) is 25.4 Å². The Balaban J connectivity index is 1.81. The van der Waals surface area contributed by atoms with Gasteiger partial charge in [0.15, 0.2) is 22.7 Å². The number of nitrogens with one attached hydrogen (secondary N) is 1. The highest BCUT2D eigenvalue weighted by molar-refractivity contribution is 5.99. The molecule has 0 bridgehead atoms. The van der Waals surface area contributed by atoms with Crippen LogP contribution in [0.2, 0.25) is 0 Å². The number of hydrazone groups is 1. The molecule has 0 saturated heterocycles. The predicted octanol–water partition coefficient (Wildman–Crippen LogP) is -0.00870. The number of aryl methyl sites for hydroxylation is 1. The van der Waals surface area contributed by atoms with E-state index in [1.54, 1.807) is 32.2 Å². The van der Waals surface area contributed by atoms with Gasteiger partial charge in [0.2, 0.25) is 0 Å². The van der Waals surface area contributed by atoms with E-state index in [9.17, 15) is 14.4 Å². The Labute approximate surface area is 171 Å². The molecule has 3 rings (SSSR count). The molecule has 0 fully saturated rings. The molecule has 0 aliphatic carbocycles. The third-order valence-corrected chi connectivity index (χ3v) is 4.68. The highest BCUT2D eigenvalue weighted by Crippen LogP contribution is 2.27. The van der Waals surface area contributed by atoms with Gasteiger partial charge in [0.05, 0.1) is 26.3 Å². The van der Waals surface area contributed by atoms with Crippen molar-refractivity contribution < 1.29 is 14.3 Å². The molecule has 0 aliphatic rings. The Kier molecular flexibility index (Phi) is 5.72. The maximum atomic E-state index is 12.4. The number of carbonyl (C=O) groups is 1. The lowest BCUT2D eigenvalue weighted by Crippen LogP contribution is -2.38. The number of nitrogens with zero attached hydrogens (tertiary/aromatic N) is 5. The largest absolute Gasteiger partial charge is 0.493 e. The van der Waals surface area contributed by atoms with Gasteiger partial charge in [-0.05, 0) is 25.1 Å². The number of rotatable bonds is 6. The van der Waals surface area contributed by atoms with Crippen LogP contribution in [0.1, 0.15) is 12.5 Å². The van der Waals surface area contributed by atoms with E-state index in [0.29, 0.717) is 17.2 Å². The lowest BCUT2D eigenvalue weighted by Gasteiger charge is -2.09. The minimum Gasteiger partial charge on any atom is -0.493 e. The second-order valence-corrected chi connectivity index (χ2v) is 6.55. The van der Waals surface area contributed by atoms with Crippen molar-refractivity contribution in [2.75, 3.05) is 14.2 Å². The molecule has 3 aromatic rings. The van der Waals surface area contributed by atoms with E-state index in [4.69, 9.17) is 9.47 Å². The summed E-state index contributed by atoms with van der Waals surface area (Å²) in [7, 11) is 5.96. The van der Waals surface area contributed by atoms with Crippen LogP contribution in [0.5, 0.6) is 11.5 Å². The molecular weight excluding hydrogens is 392 g/mol. The molecule has 1 aromatic carbocycles. The molecule has 0 spiro atoms. The molecule has 2 heterocycles. The number of hydrogen-bond donors (Lipinski definition) is 1. The number of benzene rings is 1. The number of fused-ring (bicyclic) bond motifs is 1. The van der Waals surface area contributed by atoms with E-state index in [-0.39, 0.29) is 17.7 Å². The van der Waals surface area contributed by atoms with Crippen molar-refractivity contribution in [2.45, 2.75) is 13.5 Å². The van der Waals surface area contributed by atoms with Gasteiger partial charge in [-0.3, -0.25) is 18.7 Å². The van der Waals surface area contributed by atoms with Crippen molar-refractivity contribution in [3.63, 3.8) is 0 Å². The first-order valence-corrected chi connectivity index (χ1v) is 8.94. The summed E-state index contributed by atoms with van der Waals surface area (Å²) >= 11 is 0. The second kappa shape index (κ2) is 8.23. The smallest absolute Gasteiger partial charge is 0.332 e. The number of amides is 1. The van der Waals surface area contributed by atoms with E-state index in [0.717, 1.165) is 10.1 Å². The number of aromatic nitrogens is 4. The van der Waals surface area contributed by atoms with Gasteiger partial charge in [-0.25, -0.2) is 15.2 Å². The lowest BCUT2D eigenvalue weighted by molar-refractivity contribution is -0.121. The summed E-state index contributed by atoms with van der Waals surface area (Å²) in [4.78, 5) is 40.9. The Bertz CT molecular complexity index is 1270. The molecule has 2 aromatic heterocycles. The molecule has 11 heteroatoms. The van der Waals surface area contributed by atoms with Crippen LogP contribution in [0, 0.1) is 0 Å². The highest BCUT2D eigenvalue weighted by Gasteiger charge is 2.16. The monoisotopic (exact) mass is 414 g/mol. The zero-order chi connectivity index (χ0) is 22.0. The van der Waals surface area contributed by atoms with Gasteiger partial charge < -0.3 is 14.0 Å². The molecule has 1 amide bonds. The summed E-state index contributed by atoms with van der Waals surface area (Å²) in [6, 6.07) is 5.28. The third-order valence-electron chi connectivity index (χ3n) is 4.68. The van der Waals surface area contributed by atoms with Crippen molar-refractivity contribution in [3.8, 4) is 11.5 Å². The van der Waals surface area contributed by atoms with Gasteiger partial charge in [-0.2, -0.15) is 5.10 Å². The average Bonchev–Trinajstić information content (AvgIpc) is 3.17. The van der Waals surface area contributed by atoms with Crippen LogP contribution in [0.4, 0.5) is 0 Å². The maximum absolute atomic E-state index is 12.4. The fourth-order valence-electron chi connectivity index (χ4n) is 2.98. The predicted molar refractivity (Wildman–Crippen MR) is 110 cm³/mol. The van der Waals surface area contributed by atoms with Crippen LogP contribution in [-0.4, -0.2) is 44.5 Å². The molecule has 11 nitrogen and oxygen atoms in total. The number of methoxy groups -OCH3 is 2. The molecule has 0 aliphatic heterocycles. The van der Waals surface area contributed by atoms with Gasteiger partial charge >= 0.3 is 5.69 Å². The topological polar surface area (TPSA) is 122 Å². The van der Waals surface area contributed by atoms with Crippen LogP contribution in [0.15, 0.2) is 39.2 Å². The Morgan fingerprint density at radius 3 is 2.50 bits per heavy atom. The van der Waals surface area contributed by atoms with Crippen molar-refractivity contribution in [1.82, 2.24) is 24.1 Å². The first-order chi connectivity index (χ1) is 14.3. The molecule has 0 atom stereocenters. The summed E-state index contributed by atoms with van der Waals surface area (Å²) in [5.41, 5.74) is 3.11. The zero-order valence-corrected chi connectivity index (χ0v) is 17.3. The van der Waals surface area contributed by atoms with Gasteiger partial charge in [-0.1, -0.05) is 0 Å². The number of hydrogen-bond acceptors (Lipinski definition) is 7. The third kappa shape index (κ3) is 3.69. The molecule has 30 heavy (non-hydrogen) atoms. The Morgan fingerprint density at radius 2 is 1.83 bits per heavy atom. The van der Waals surface area contributed by atoms with E-state index in [1.165, 1.54) is 36.7 Å². The minimum atomic E-state index is -0.525. The van der Waals surface area contributed by atoms with Crippen molar-refractivity contribution in [1.29, 1.82) is 0 Å². The first kappa shape index (κ1) is 20.8. The van der Waals surface area contributed by atoms with E-state index < -0.39 is 17.2 Å². The maximum Gasteiger partial charge on any atom is 0.332 e. The van der Waals surface area contributed by atoms with E-state index in [1.807, 2.05) is 0 Å². The second-order valence-electron chi connectivity index (χ2n) is 6.55. The Hall–Kier alpha value is -3.89. The van der Waals surface area contributed by atoms with Gasteiger partial charge in [0.25, 0.3) is 11.5 Å². The minimum absolute atomic E-state index is 0.162. The lowest BCUT2D eigenvalue weighted by atomic mass is 10.1. The summed E-state index contributed by atoms with van der Waals surface area (Å²) in [5, 5.41) is 4.11. The molecular formula is C19H22N6O5. The molecule has 0 unspecified atom stereocenters. The van der Waals surface area contributed by atoms with Crippen LogP contribution < -0.4 is 26.1 Å². The quantitative estimate of drug-likeness (QED) is 0.447. The fourth-order valence-corrected chi connectivity index (χ4v) is 2.98.